The first-order valence-electron chi connectivity index (χ1n) is 7.30. The normalized spacial score (nSPS) is 18.4. The highest BCUT2D eigenvalue weighted by atomic mass is 16.5. The Morgan fingerprint density at radius 2 is 2.19 bits per heavy atom. The van der Waals surface area contributed by atoms with Crippen LogP contribution in [0.4, 0.5) is 0 Å². The predicted octanol–water partition coefficient (Wildman–Crippen LogP) is 3.37. The van der Waals surface area contributed by atoms with Crippen LogP contribution in [0.25, 0.3) is 22.6 Å². The van der Waals surface area contributed by atoms with Gasteiger partial charge in [0.1, 0.15) is 11.3 Å². The van der Waals surface area contributed by atoms with E-state index < -0.39 is 0 Å². The van der Waals surface area contributed by atoms with E-state index in [1.54, 1.807) is 0 Å². The zero-order valence-corrected chi connectivity index (χ0v) is 12.0. The molecular formula is C17H17N3O. The summed E-state index contributed by atoms with van der Waals surface area (Å²) in [6.07, 6.45) is 2.84. The Morgan fingerprint density at radius 3 is 3.00 bits per heavy atom. The van der Waals surface area contributed by atoms with Crippen LogP contribution in [0.15, 0.2) is 42.6 Å². The minimum atomic E-state index is 0.320. The van der Waals surface area contributed by atoms with E-state index in [2.05, 4.69) is 40.7 Å². The molecule has 0 spiro atoms. The lowest BCUT2D eigenvalue weighted by Gasteiger charge is -2.14. The van der Waals surface area contributed by atoms with Gasteiger partial charge in [-0.3, -0.25) is 0 Å². The van der Waals surface area contributed by atoms with Crippen LogP contribution in [0.3, 0.4) is 0 Å². The molecule has 1 saturated heterocycles. The molecule has 1 aliphatic heterocycles. The van der Waals surface area contributed by atoms with Gasteiger partial charge in [0, 0.05) is 18.4 Å². The average molecular weight is 279 g/mol. The molecule has 0 aliphatic carbocycles. The second-order valence-electron chi connectivity index (χ2n) is 5.54. The fraction of sp³-hybridized carbons (Fsp3) is 0.294. The molecule has 4 heteroatoms. The topological polar surface area (TPSA) is 39.9 Å². The molecule has 3 aromatic rings. The molecule has 1 fully saturated rings. The van der Waals surface area contributed by atoms with Crippen LogP contribution >= 0.6 is 0 Å². The number of benzene rings is 1. The molecule has 0 amide bonds. The first-order valence-corrected chi connectivity index (χ1v) is 7.30. The standard InChI is InChI=1S/C17H17N3O/c1-12-4-2-5-13(10-12)16-19-15-6-3-8-18-17(15)20(16)14-7-9-21-11-14/h2-6,8,10,14H,7,9,11H2,1H3. The Hall–Kier alpha value is -2.20. The summed E-state index contributed by atoms with van der Waals surface area (Å²) >= 11 is 0. The number of hydrogen-bond donors (Lipinski definition) is 0. The van der Waals surface area contributed by atoms with Crippen molar-refractivity contribution < 1.29 is 4.74 Å². The van der Waals surface area contributed by atoms with E-state index >= 15 is 0 Å². The maximum atomic E-state index is 5.57. The van der Waals surface area contributed by atoms with Crippen LogP contribution in [-0.2, 0) is 4.74 Å². The first kappa shape index (κ1) is 12.5. The van der Waals surface area contributed by atoms with Gasteiger partial charge in [-0.05, 0) is 31.5 Å². The SMILES string of the molecule is Cc1cccc(-c2nc3cccnc3n2C2CCOC2)c1. The zero-order chi connectivity index (χ0) is 14.2. The van der Waals surface area contributed by atoms with E-state index in [0.29, 0.717) is 6.04 Å². The van der Waals surface area contributed by atoms with Crippen molar-refractivity contribution in [2.75, 3.05) is 13.2 Å². The van der Waals surface area contributed by atoms with Gasteiger partial charge in [-0.25, -0.2) is 9.97 Å². The molecule has 1 aliphatic rings. The molecule has 0 N–H and O–H groups in total. The zero-order valence-electron chi connectivity index (χ0n) is 12.0. The lowest BCUT2D eigenvalue weighted by Crippen LogP contribution is -2.10. The number of fused-ring (bicyclic) bond motifs is 1. The van der Waals surface area contributed by atoms with Gasteiger partial charge < -0.3 is 9.30 Å². The van der Waals surface area contributed by atoms with Crippen molar-refractivity contribution in [2.24, 2.45) is 0 Å². The monoisotopic (exact) mass is 279 g/mol. The molecule has 3 heterocycles. The molecule has 0 saturated carbocycles. The number of hydrogen-bond acceptors (Lipinski definition) is 3. The van der Waals surface area contributed by atoms with Crippen molar-refractivity contribution in [2.45, 2.75) is 19.4 Å². The summed E-state index contributed by atoms with van der Waals surface area (Å²) in [5.41, 5.74) is 4.27. The Morgan fingerprint density at radius 1 is 1.24 bits per heavy atom. The fourth-order valence-electron chi connectivity index (χ4n) is 2.99. The molecule has 0 radical (unpaired) electrons. The van der Waals surface area contributed by atoms with Gasteiger partial charge in [0.05, 0.1) is 12.6 Å². The van der Waals surface area contributed by atoms with Gasteiger partial charge in [-0.1, -0.05) is 23.8 Å². The second kappa shape index (κ2) is 4.97. The van der Waals surface area contributed by atoms with E-state index in [9.17, 15) is 0 Å². The fourth-order valence-corrected chi connectivity index (χ4v) is 2.99. The molecule has 1 aromatic carbocycles. The van der Waals surface area contributed by atoms with E-state index in [1.807, 2.05) is 18.3 Å². The molecule has 21 heavy (non-hydrogen) atoms. The number of imidazole rings is 1. The predicted molar refractivity (Wildman–Crippen MR) is 82.2 cm³/mol. The highest BCUT2D eigenvalue weighted by molar-refractivity contribution is 5.77. The summed E-state index contributed by atoms with van der Waals surface area (Å²) in [5.74, 6) is 0.989. The molecule has 106 valence electrons. The van der Waals surface area contributed by atoms with Gasteiger partial charge in [-0.2, -0.15) is 0 Å². The van der Waals surface area contributed by atoms with E-state index in [1.165, 1.54) is 5.56 Å². The molecule has 1 unspecified atom stereocenters. The summed E-state index contributed by atoms with van der Waals surface area (Å²) in [6.45, 7) is 3.65. The highest BCUT2D eigenvalue weighted by Gasteiger charge is 2.24. The third-order valence-electron chi connectivity index (χ3n) is 4.00. The highest BCUT2D eigenvalue weighted by Crippen LogP contribution is 2.31. The van der Waals surface area contributed by atoms with Crippen molar-refractivity contribution >= 4 is 11.2 Å². The van der Waals surface area contributed by atoms with E-state index in [4.69, 9.17) is 9.72 Å². The average Bonchev–Trinajstić information content (AvgIpc) is 3.14. The maximum absolute atomic E-state index is 5.57. The van der Waals surface area contributed by atoms with Crippen LogP contribution in [0.2, 0.25) is 0 Å². The Balaban J connectivity index is 1.97. The smallest absolute Gasteiger partial charge is 0.160 e. The van der Waals surface area contributed by atoms with Gasteiger partial charge >= 0.3 is 0 Å². The third-order valence-corrected chi connectivity index (χ3v) is 4.00. The molecule has 1 atom stereocenters. The van der Waals surface area contributed by atoms with E-state index in [-0.39, 0.29) is 0 Å². The first-order chi connectivity index (χ1) is 10.3. The molecular weight excluding hydrogens is 262 g/mol. The number of pyridine rings is 1. The number of ether oxygens (including phenoxy) is 1. The van der Waals surface area contributed by atoms with Crippen molar-refractivity contribution in [1.29, 1.82) is 0 Å². The van der Waals surface area contributed by atoms with Crippen LogP contribution in [-0.4, -0.2) is 27.7 Å². The molecule has 4 rings (SSSR count). The van der Waals surface area contributed by atoms with Crippen LogP contribution in [0, 0.1) is 6.92 Å². The number of rotatable bonds is 2. The van der Waals surface area contributed by atoms with Crippen molar-refractivity contribution in [3.8, 4) is 11.4 Å². The number of aromatic nitrogens is 3. The van der Waals surface area contributed by atoms with Crippen LogP contribution in [0.1, 0.15) is 18.0 Å². The minimum absolute atomic E-state index is 0.320. The summed E-state index contributed by atoms with van der Waals surface area (Å²) in [7, 11) is 0. The van der Waals surface area contributed by atoms with Crippen LogP contribution < -0.4 is 0 Å². The summed E-state index contributed by atoms with van der Waals surface area (Å²) in [4.78, 5) is 9.35. The lowest BCUT2D eigenvalue weighted by molar-refractivity contribution is 0.187. The van der Waals surface area contributed by atoms with Crippen molar-refractivity contribution in [3.63, 3.8) is 0 Å². The largest absolute Gasteiger partial charge is 0.379 e. The van der Waals surface area contributed by atoms with Gasteiger partial charge in [0.15, 0.2) is 5.65 Å². The molecule has 2 aromatic heterocycles. The Kier molecular flexibility index (Phi) is 2.97. The number of nitrogens with zero attached hydrogens (tertiary/aromatic N) is 3. The van der Waals surface area contributed by atoms with Crippen molar-refractivity contribution in [3.05, 3.63) is 48.2 Å². The Labute approximate surface area is 123 Å². The van der Waals surface area contributed by atoms with Crippen LogP contribution in [0.5, 0.6) is 0 Å². The Bertz CT molecular complexity index is 788. The van der Waals surface area contributed by atoms with Gasteiger partial charge in [-0.15, -0.1) is 0 Å². The lowest BCUT2D eigenvalue weighted by atomic mass is 10.1. The molecule has 4 nitrogen and oxygen atoms in total. The van der Waals surface area contributed by atoms with E-state index in [0.717, 1.165) is 42.2 Å². The summed E-state index contributed by atoms with van der Waals surface area (Å²) in [6, 6.07) is 12.7. The minimum Gasteiger partial charge on any atom is -0.379 e. The third kappa shape index (κ3) is 2.12. The van der Waals surface area contributed by atoms with Gasteiger partial charge in [0.2, 0.25) is 0 Å². The summed E-state index contributed by atoms with van der Waals surface area (Å²) < 4.78 is 7.82. The molecule has 0 bridgehead atoms. The van der Waals surface area contributed by atoms with Crippen molar-refractivity contribution in [1.82, 2.24) is 14.5 Å². The maximum Gasteiger partial charge on any atom is 0.160 e. The number of aryl methyl sites for hydroxylation is 1. The van der Waals surface area contributed by atoms with Gasteiger partial charge in [0.25, 0.3) is 0 Å². The second-order valence-corrected chi connectivity index (χ2v) is 5.54. The quantitative estimate of drug-likeness (QED) is 0.722. The summed E-state index contributed by atoms with van der Waals surface area (Å²) in [5, 5.41) is 0.